The van der Waals surface area contributed by atoms with Gasteiger partial charge in [0.1, 0.15) is 6.04 Å². The van der Waals surface area contributed by atoms with Gasteiger partial charge in [-0.05, 0) is 55.2 Å². The highest BCUT2D eigenvalue weighted by atomic mass is 35.5. The van der Waals surface area contributed by atoms with Gasteiger partial charge < -0.3 is 10.2 Å². The van der Waals surface area contributed by atoms with Crippen molar-refractivity contribution in [2.24, 2.45) is 0 Å². The third-order valence-electron chi connectivity index (χ3n) is 5.99. The Morgan fingerprint density at radius 3 is 2.32 bits per heavy atom. The molecule has 1 aliphatic carbocycles. The molecular formula is C25H28Cl4N2O2S. The van der Waals surface area contributed by atoms with Crippen molar-refractivity contribution in [3.63, 3.8) is 0 Å². The summed E-state index contributed by atoms with van der Waals surface area (Å²) in [7, 11) is 0. The monoisotopic (exact) mass is 560 g/mol. The fourth-order valence-corrected chi connectivity index (χ4v) is 5.95. The standard InChI is InChI=1S/C25H28Cl4N2O2S/c1-16(25(33)30-18-6-3-2-4-7-18)31(13-17-10-11-22(28)23(29)12-17)24(32)15-34-14-19-20(26)8-5-9-21(19)27/h5,8-12,16,18H,2-4,6-7,13-15H2,1H3,(H,30,33)/t16-/m1/s1. The van der Waals surface area contributed by atoms with Gasteiger partial charge in [-0.3, -0.25) is 9.59 Å². The first kappa shape index (κ1) is 27.5. The Hall–Kier alpha value is -1.11. The first-order valence-electron chi connectivity index (χ1n) is 11.3. The van der Waals surface area contributed by atoms with E-state index in [0.717, 1.165) is 36.8 Å². The van der Waals surface area contributed by atoms with Gasteiger partial charge in [-0.25, -0.2) is 0 Å². The molecule has 0 aliphatic heterocycles. The molecule has 1 saturated carbocycles. The lowest BCUT2D eigenvalue weighted by Crippen LogP contribution is -2.50. The molecule has 2 aromatic rings. The molecule has 0 spiro atoms. The van der Waals surface area contributed by atoms with Crippen molar-refractivity contribution in [3.05, 3.63) is 67.6 Å². The molecule has 0 radical (unpaired) electrons. The number of halogens is 4. The third kappa shape index (κ3) is 7.69. The van der Waals surface area contributed by atoms with Crippen LogP contribution in [-0.4, -0.2) is 34.6 Å². The van der Waals surface area contributed by atoms with Crippen LogP contribution in [0.15, 0.2) is 36.4 Å². The van der Waals surface area contributed by atoms with E-state index in [1.807, 2.05) is 6.07 Å². The first-order chi connectivity index (χ1) is 16.3. The molecule has 0 heterocycles. The number of rotatable bonds is 9. The molecule has 1 N–H and O–H groups in total. The molecule has 4 nitrogen and oxygen atoms in total. The highest BCUT2D eigenvalue weighted by Gasteiger charge is 2.28. The zero-order chi connectivity index (χ0) is 24.7. The number of hydrogen-bond acceptors (Lipinski definition) is 3. The van der Waals surface area contributed by atoms with Crippen LogP contribution >= 0.6 is 58.2 Å². The smallest absolute Gasteiger partial charge is 0.242 e. The average molecular weight is 562 g/mol. The summed E-state index contributed by atoms with van der Waals surface area (Å²) < 4.78 is 0. The number of nitrogens with one attached hydrogen (secondary N) is 1. The van der Waals surface area contributed by atoms with Crippen LogP contribution < -0.4 is 5.32 Å². The minimum absolute atomic E-state index is 0.139. The maximum absolute atomic E-state index is 13.3. The maximum atomic E-state index is 13.3. The molecule has 34 heavy (non-hydrogen) atoms. The van der Waals surface area contributed by atoms with Crippen LogP contribution in [0.2, 0.25) is 20.1 Å². The van der Waals surface area contributed by atoms with Crippen LogP contribution in [0.1, 0.15) is 50.2 Å². The molecule has 0 unspecified atom stereocenters. The molecular weight excluding hydrogens is 534 g/mol. The van der Waals surface area contributed by atoms with Gasteiger partial charge in [-0.1, -0.05) is 77.8 Å². The van der Waals surface area contributed by atoms with E-state index in [2.05, 4.69) is 5.32 Å². The van der Waals surface area contributed by atoms with Crippen LogP contribution in [0.25, 0.3) is 0 Å². The lowest BCUT2D eigenvalue weighted by atomic mass is 9.95. The minimum Gasteiger partial charge on any atom is -0.352 e. The second-order valence-electron chi connectivity index (χ2n) is 8.48. The lowest BCUT2D eigenvalue weighted by molar-refractivity contribution is -0.139. The zero-order valence-corrected chi connectivity index (χ0v) is 22.8. The summed E-state index contributed by atoms with van der Waals surface area (Å²) in [5.41, 5.74) is 1.60. The minimum atomic E-state index is -0.631. The Bertz CT molecular complexity index is 994. The van der Waals surface area contributed by atoms with Gasteiger partial charge >= 0.3 is 0 Å². The van der Waals surface area contributed by atoms with Gasteiger partial charge in [0, 0.05) is 28.4 Å². The number of amides is 2. The highest BCUT2D eigenvalue weighted by Crippen LogP contribution is 2.29. The summed E-state index contributed by atoms with van der Waals surface area (Å²) in [4.78, 5) is 28.0. The Kier molecular flexibility index (Phi) is 10.7. The number of nitrogens with zero attached hydrogens (tertiary/aromatic N) is 1. The van der Waals surface area contributed by atoms with E-state index in [4.69, 9.17) is 46.4 Å². The molecule has 9 heteroatoms. The summed E-state index contributed by atoms with van der Waals surface area (Å²) in [5.74, 6) is 0.391. The predicted octanol–water partition coefficient (Wildman–Crippen LogP) is 7.40. The van der Waals surface area contributed by atoms with Crippen LogP contribution in [0.4, 0.5) is 0 Å². The van der Waals surface area contributed by atoms with E-state index in [9.17, 15) is 9.59 Å². The van der Waals surface area contributed by atoms with Gasteiger partial charge in [0.05, 0.1) is 15.8 Å². The van der Waals surface area contributed by atoms with Gasteiger partial charge in [-0.15, -0.1) is 11.8 Å². The Labute approximate surface area is 225 Å². The molecule has 1 fully saturated rings. The molecule has 1 atom stereocenters. The molecule has 2 amide bonds. The average Bonchev–Trinajstić information content (AvgIpc) is 2.81. The van der Waals surface area contributed by atoms with E-state index >= 15 is 0 Å². The molecule has 2 aromatic carbocycles. The normalized spacial score (nSPS) is 15.1. The van der Waals surface area contributed by atoms with Crippen molar-refractivity contribution >= 4 is 70.0 Å². The van der Waals surface area contributed by atoms with Gasteiger partial charge in [0.25, 0.3) is 0 Å². The SMILES string of the molecule is C[C@H](C(=O)NC1CCCCC1)N(Cc1ccc(Cl)c(Cl)c1)C(=O)CSCc1c(Cl)cccc1Cl. The van der Waals surface area contributed by atoms with Gasteiger partial charge in [-0.2, -0.15) is 0 Å². The van der Waals surface area contributed by atoms with E-state index in [0.29, 0.717) is 25.8 Å². The lowest BCUT2D eigenvalue weighted by Gasteiger charge is -2.31. The first-order valence-corrected chi connectivity index (χ1v) is 14.0. The van der Waals surface area contributed by atoms with Crippen molar-refractivity contribution in [1.29, 1.82) is 0 Å². The molecule has 0 aromatic heterocycles. The number of thioether (sulfide) groups is 1. The quantitative estimate of drug-likeness (QED) is 0.347. The van der Waals surface area contributed by atoms with Crippen molar-refractivity contribution in [1.82, 2.24) is 10.2 Å². The van der Waals surface area contributed by atoms with Crippen molar-refractivity contribution in [2.75, 3.05) is 5.75 Å². The van der Waals surface area contributed by atoms with E-state index < -0.39 is 6.04 Å². The van der Waals surface area contributed by atoms with Crippen LogP contribution in [0, 0.1) is 0 Å². The third-order valence-corrected chi connectivity index (χ3v) is 8.38. The summed E-state index contributed by atoms with van der Waals surface area (Å²) in [6.07, 6.45) is 5.40. The number of benzene rings is 2. The Morgan fingerprint density at radius 2 is 1.68 bits per heavy atom. The number of carbonyl (C=O) groups excluding carboxylic acids is 2. The Balaban J connectivity index is 1.70. The van der Waals surface area contributed by atoms with Gasteiger partial charge in [0.15, 0.2) is 0 Å². The zero-order valence-electron chi connectivity index (χ0n) is 19.0. The van der Waals surface area contributed by atoms with Gasteiger partial charge in [0.2, 0.25) is 11.8 Å². The molecule has 1 aliphatic rings. The predicted molar refractivity (Wildman–Crippen MR) is 144 cm³/mol. The summed E-state index contributed by atoms with van der Waals surface area (Å²) >= 11 is 26.2. The highest BCUT2D eigenvalue weighted by molar-refractivity contribution is 7.99. The van der Waals surface area contributed by atoms with Crippen molar-refractivity contribution in [2.45, 2.75) is 63.4 Å². The largest absolute Gasteiger partial charge is 0.352 e. The molecule has 0 bridgehead atoms. The summed E-state index contributed by atoms with van der Waals surface area (Å²) in [6.45, 7) is 2.02. The fraction of sp³-hybridized carbons (Fsp3) is 0.440. The number of carbonyl (C=O) groups is 2. The van der Waals surface area contributed by atoms with E-state index in [1.54, 1.807) is 42.2 Å². The summed E-state index contributed by atoms with van der Waals surface area (Å²) in [6, 6.07) is 10.1. The van der Waals surface area contributed by atoms with E-state index in [1.165, 1.54) is 18.2 Å². The fourth-order valence-electron chi connectivity index (χ4n) is 3.98. The Morgan fingerprint density at radius 1 is 1.00 bits per heavy atom. The topological polar surface area (TPSA) is 49.4 Å². The number of hydrogen-bond donors (Lipinski definition) is 1. The molecule has 184 valence electrons. The van der Waals surface area contributed by atoms with Crippen LogP contribution in [0.3, 0.4) is 0 Å². The van der Waals surface area contributed by atoms with Crippen molar-refractivity contribution in [3.8, 4) is 0 Å². The second kappa shape index (κ2) is 13.3. The van der Waals surface area contributed by atoms with Crippen LogP contribution in [-0.2, 0) is 21.9 Å². The molecule has 0 saturated heterocycles. The molecule has 3 rings (SSSR count). The maximum Gasteiger partial charge on any atom is 0.242 e. The van der Waals surface area contributed by atoms with E-state index in [-0.39, 0.29) is 30.2 Å². The van der Waals surface area contributed by atoms with Crippen LogP contribution in [0.5, 0.6) is 0 Å². The van der Waals surface area contributed by atoms with Crippen molar-refractivity contribution < 1.29 is 9.59 Å². The second-order valence-corrected chi connectivity index (χ2v) is 11.1. The summed E-state index contributed by atoms with van der Waals surface area (Å²) in [5, 5.41) is 5.13.